The Kier molecular flexibility index (Phi) is 3.11. The van der Waals surface area contributed by atoms with Gasteiger partial charge in [-0.25, -0.2) is 12.8 Å². The van der Waals surface area contributed by atoms with E-state index in [1.54, 1.807) is 6.92 Å². The summed E-state index contributed by atoms with van der Waals surface area (Å²) in [5.74, 6) is -0.120. The van der Waals surface area contributed by atoms with Crippen LogP contribution >= 0.6 is 0 Å². The number of aryl methyl sites for hydroxylation is 1. The van der Waals surface area contributed by atoms with Gasteiger partial charge < -0.3 is 5.32 Å². The number of nitrogens with one attached hydrogen (secondary N) is 1. The SMILES string of the molecule is Cc1ccc(F)cc1S(=O)(=O)N1C[C@@H]2CCN[C@@H]2C1. The van der Waals surface area contributed by atoms with Crippen LogP contribution in [0.25, 0.3) is 0 Å². The lowest BCUT2D eigenvalue weighted by molar-refractivity contribution is 0.447. The van der Waals surface area contributed by atoms with Crippen molar-refractivity contribution in [2.24, 2.45) is 5.92 Å². The van der Waals surface area contributed by atoms with Crippen LogP contribution in [0.1, 0.15) is 12.0 Å². The lowest BCUT2D eigenvalue weighted by Gasteiger charge is -2.18. The molecule has 2 heterocycles. The third kappa shape index (κ3) is 2.17. The predicted molar refractivity (Wildman–Crippen MR) is 69.8 cm³/mol. The minimum absolute atomic E-state index is 0.0903. The van der Waals surface area contributed by atoms with Gasteiger partial charge in [-0.2, -0.15) is 4.31 Å². The highest BCUT2D eigenvalue weighted by Crippen LogP contribution is 2.30. The van der Waals surface area contributed by atoms with E-state index in [-0.39, 0.29) is 10.9 Å². The average molecular weight is 284 g/mol. The second kappa shape index (κ2) is 4.54. The van der Waals surface area contributed by atoms with Crippen molar-refractivity contribution in [3.63, 3.8) is 0 Å². The molecule has 1 aromatic carbocycles. The molecule has 2 fully saturated rings. The van der Waals surface area contributed by atoms with Crippen molar-refractivity contribution in [3.05, 3.63) is 29.6 Å². The Morgan fingerprint density at radius 1 is 1.37 bits per heavy atom. The smallest absolute Gasteiger partial charge is 0.243 e. The first-order valence-corrected chi connectivity index (χ1v) is 7.92. The van der Waals surface area contributed by atoms with Crippen LogP contribution in [0.4, 0.5) is 4.39 Å². The van der Waals surface area contributed by atoms with E-state index in [0.29, 0.717) is 24.6 Å². The Labute approximate surface area is 112 Å². The molecule has 2 saturated heterocycles. The van der Waals surface area contributed by atoms with E-state index in [2.05, 4.69) is 5.32 Å². The van der Waals surface area contributed by atoms with Gasteiger partial charge in [0.2, 0.25) is 10.0 Å². The second-order valence-corrected chi connectivity index (χ2v) is 7.25. The topological polar surface area (TPSA) is 49.4 Å². The normalized spacial score (nSPS) is 27.7. The number of fused-ring (bicyclic) bond motifs is 1. The second-order valence-electron chi connectivity index (χ2n) is 5.34. The van der Waals surface area contributed by atoms with Crippen LogP contribution in [-0.2, 0) is 10.0 Å². The molecule has 4 nitrogen and oxygen atoms in total. The Hall–Kier alpha value is -0.980. The summed E-state index contributed by atoms with van der Waals surface area (Å²) in [5, 5.41) is 3.32. The number of halogens is 1. The van der Waals surface area contributed by atoms with Crippen LogP contribution in [0, 0.1) is 18.7 Å². The molecule has 1 N–H and O–H groups in total. The third-order valence-corrected chi connectivity index (χ3v) is 6.07. The van der Waals surface area contributed by atoms with Crippen molar-refractivity contribution in [1.82, 2.24) is 9.62 Å². The Morgan fingerprint density at radius 2 is 2.16 bits per heavy atom. The highest BCUT2D eigenvalue weighted by Gasteiger charge is 2.41. The number of benzene rings is 1. The van der Waals surface area contributed by atoms with Gasteiger partial charge in [0.25, 0.3) is 0 Å². The third-order valence-electron chi connectivity index (χ3n) is 4.10. The van der Waals surface area contributed by atoms with Crippen LogP contribution in [0.15, 0.2) is 23.1 Å². The molecule has 104 valence electrons. The maximum absolute atomic E-state index is 13.3. The predicted octanol–water partition coefficient (Wildman–Crippen LogP) is 1.12. The zero-order chi connectivity index (χ0) is 13.6. The fourth-order valence-electron chi connectivity index (χ4n) is 3.00. The Balaban J connectivity index is 1.93. The number of hydrogen-bond donors (Lipinski definition) is 1. The molecule has 0 aliphatic carbocycles. The van der Waals surface area contributed by atoms with Crippen molar-refractivity contribution < 1.29 is 12.8 Å². The summed E-state index contributed by atoms with van der Waals surface area (Å²) in [6.07, 6.45) is 1.01. The highest BCUT2D eigenvalue weighted by molar-refractivity contribution is 7.89. The van der Waals surface area contributed by atoms with E-state index in [9.17, 15) is 12.8 Å². The van der Waals surface area contributed by atoms with E-state index in [1.807, 2.05) is 0 Å². The Bertz CT molecular complexity index is 591. The molecular formula is C13H17FN2O2S. The fourth-order valence-corrected chi connectivity index (χ4v) is 4.76. The van der Waals surface area contributed by atoms with Crippen LogP contribution in [-0.4, -0.2) is 38.4 Å². The summed E-state index contributed by atoms with van der Waals surface area (Å²) < 4.78 is 39.9. The minimum Gasteiger partial charge on any atom is -0.312 e. The minimum atomic E-state index is -3.58. The maximum atomic E-state index is 13.3. The van der Waals surface area contributed by atoms with E-state index < -0.39 is 15.8 Å². The molecule has 6 heteroatoms. The van der Waals surface area contributed by atoms with Gasteiger partial charge in [-0.15, -0.1) is 0 Å². The van der Waals surface area contributed by atoms with Gasteiger partial charge in [0.15, 0.2) is 0 Å². The summed E-state index contributed by atoms with van der Waals surface area (Å²) in [5.41, 5.74) is 0.589. The molecule has 0 bridgehead atoms. The first-order chi connectivity index (χ1) is 8.98. The molecular weight excluding hydrogens is 267 g/mol. The van der Waals surface area contributed by atoms with Gasteiger partial charge in [-0.3, -0.25) is 0 Å². The molecule has 1 aromatic rings. The quantitative estimate of drug-likeness (QED) is 0.885. The summed E-state index contributed by atoms with van der Waals surface area (Å²) in [7, 11) is -3.58. The lowest BCUT2D eigenvalue weighted by atomic mass is 10.1. The first-order valence-electron chi connectivity index (χ1n) is 6.48. The van der Waals surface area contributed by atoms with Gasteiger partial charge >= 0.3 is 0 Å². The maximum Gasteiger partial charge on any atom is 0.243 e. The molecule has 0 spiro atoms. The molecule has 0 radical (unpaired) electrons. The molecule has 19 heavy (non-hydrogen) atoms. The van der Waals surface area contributed by atoms with E-state index in [0.717, 1.165) is 19.0 Å². The lowest BCUT2D eigenvalue weighted by Crippen LogP contribution is -2.34. The molecule has 2 aliphatic rings. The van der Waals surface area contributed by atoms with Crippen molar-refractivity contribution >= 4 is 10.0 Å². The molecule has 2 aliphatic heterocycles. The zero-order valence-corrected chi connectivity index (χ0v) is 11.6. The average Bonchev–Trinajstić information content (AvgIpc) is 2.92. The molecule has 2 atom stereocenters. The van der Waals surface area contributed by atoms with Crippen molar-refractivity contribution in [1.29, 1.82) is 0 Å². The van der Waals surface area contributed by atoms with Crippen molar-refractivity contribution in [2.75, 3.05) is 19.6 Å². The van der Waals surface area contributed by atoms with Crippen LogP contribution < -0.4 is 5.32 Å². The largest absolute Gasteiger partial charge is 0.312 e. The summed E-state index contributed by atoms with van der Waals surface area (Å²) in [4.78, 5) is 0.0903. The number of nitrogens with zero attached hydrogens (tertiary/aromatic N) is 1. The van der Waals surface area contributed by atoms with Gasteiger partial charge in [-0.05, 0) is 43.5 Å². The van der Waals surface area contributed by atoms with Crippen molar-refractivity contribution in [3.8, 4) is 0 Å². The van der Waals surface area contributed by atoms with Gasteiger partial charge in [0.1, 0.15) is 5.82 Å². The summed E-state index contributed by atoms with van der Waals surface area (Å²) in [6.45, 7) is 3.68. The number of sulfonamides is 1. The molecule has 0 saturated carbocycles. The number of hydrogen-bond acceptors (Lipinski definition) is 3. The Morgan fingerprint density at radius 3 is 2.89 bits per heavy atom. The summed E-state index contributed by atoms with van der Waals surface area (Å²) >= 11 is 0. The van der Waals surface area contributed by atoms with Crippen molar-refractivity contribution in [2.45, 2.75) is 24.3 Å². The highest BCUT2D eigenvalue weighted by atomic mass is 32.2. The zero-order valence-electron chi connectivity index (χ0n) is 10.8. The van der Waals surface area contributed by atoms with Gasteiger partial charge in [-0.1, -0.05) is 6.07 Å². The molecule has 0 unspecified atom stereocenters. The monoisotopic (exact) mass is 284 g/mol. The van der Waals surface area contributed by atoms with Gasteiger partial charge in [0.05, 0.1) is 4.90 Å². The van der Waals surface area contributed by atoms with Crippen LogP contribution in [0.5, 0.6) is 0 Å². The standard InChI is InChI=1S/C13H17FN2O2S/c1-9-2-3-11(14)6-13(9)19(17,18)16-7-10-4-5-15-12(10)8-16/h2-3,6,10,12,15H,4-5,7-8H2,1H3/t10-,12+/m0/s1. The number of rotatable bonds is 2. The fraction of sp³-hybridized carbons (Fsp3) is 0.538. The van der Waals surface area contributed by atoms with E-state index in [4.69, 9.17) is 0 Å². The van der Waals surface area contributed by atoms with Crippen LogP contribution in [0.3, 0.4) is 0 Å². The summed E-state index contributed by atoms with van der Waals surface area (Å²) in [6, 6.07) is 4.17. The molecule has 0 amide bonds. The molecule has 0 aromatic heterocycles. The van der Waals surface area contributed by atoms with Gasteiger partial charge in [0, 0.05) is 19.1 Å². The van der Waals surface area contributed by atoms with E-state index >= 15 is 0 Å². The molecule has 3 rings (SSSR count). The van der Waals surface area contributed by atoms with Crippen LogP contribution in [0.2, 0.25) is 0 Å². The van der Waals surface area contributed by atoms with E-state index in [1.165, 1.54) is 16.4 Å². The first kappa shape index (κ1) is 13.0.